The third-order valence-corrected chi connectivity index (χ3v) is 1.90. The summed E-state index contributed by atoms with van der Waals surface area (Å²) in [6.45, 7) is 2.01. The molecule has 0 radical (unpaired) electrons. The highest BCUT2D eigenvalue weighted by molar-refractivity contribution is 6.30. The van der Waals surface area contributed by atoms with Gasteiger partial charge in [-0.2, -0.15) is 13.2 Å². The van der Waals surface area contributed by atoms with Gasteiger partial charge < -0.3 is 4.74 Å². The molecule has 2 nitrogen and oxygen atoms in total. The minimum atomic E-state index is -4.55. The maximum absolute atomic E-state index is 12.5. The lowest BCUT2D eigenvalue weighted by Gasteiger charge is -2.13. The standard InChI is InChI=1S/C9H9ClF3NO/c1-2-5-15-6-3-4-14-8(10)7(6)9(11,12)13/h3-4H,2,5H2,1H3. The summed E-state index contributed by atoms with van der Waals surface area (Å²) in [7, 11) is 0. The van der Waals surface area contributed by atoms with Gasteiger partial charge in [-0.25, -0.2) is 4.98 Å². The number of hydrogen-bond donors (Lipinski definition) is 0. The second kappa shape index (κ2) is 4.70. The number of aromatic nitrogens is 1. The summed E-state index contributed by atoms with van der Waals surface area (Å²) in [5.74, 6) is -0.274. The summed E-state index contributed by atoms with van der Waals surface area (Å²) in [6.07, 6.45) is -2.74. The van der Waals surface area contributed by atoms with Crippen molar-refractivity contribution in [2.75, 3.05) is 6.61 Å². The first-order valence-corrected chi connectivity index (χ1v) is 4.69. The molecule has 15 heavy (non-hydrogen) atoms. The molecule has 0 atom stereocenters. The van der Waals surface area contributed by atoms with Gasteiger partial charge in [0.1, 0.15) is 16.5 Å². The van der Waals surface area contributed by atoms with Gasteiger partial charge in [0.25, 0.3) is 0 Å². The van der Waals surface area contributed by atoms with Crippen molar-refractivity contribution in [2.24, 2.45) is 0 Å². The Morgan fingerprint density at radius 3 is 2.67 bits per heavy atom. The molecule has 0 aromatic carbocycles. The van der Waals surface area contributed by atoms with Crippen LogP contribution in [0.4, 0.5) is 13.2 Å². The second-order valence-corrected chi connectivity index (χ2v) is 3.18. The second-order valence-electron chi connectivity index (χ2n) is 2.82. The van der Waals surface area contributed by atoms with E-state index < -0.39 is 16.9 Å². The zero-order valence-electron chi connectivity index (χ0n) is 7.94. The van der Waals surface area contributed by atoms with Gasteiger partial charge in [0.2, 0.25) is 0 Å². The summed E-state index contributed by atoms with van der Waals surface area (Å²) in [5, 5.41) is -0.587. The van der Waals surface area contributed by atoms with E-state index in [0.717, 1.165) is 6.07 Å². The van der Waals surface area contributed by atoms with Crippen molar-refractivity contribution in [1.29, 1.82) is 0 Å². The highest BCUT2D eigenvalue weighted by Gasteiger charge is 2.37. The molecule has 0 unspecified atom stereocenters. The van der Waals surface area contributed by atoms with E-state index in [1.807, 2.05) is 0 Å². The molecule has 1 rings (SSSR count). The van der Waals surface area contributed by atoms with Crippen LogP contribution in [0.1, 0.15) is 18.9 Å². The first kappa shape index (κ1) is 12.1. The van der Waals surface area contributed by atoms with Crippen molar-refractivity contribution in [3.63, 3.8) is 0 Å². The van der Waals surface area contributed by atoms with E-state index in [1.165, 1.54) is 6.20 Å². The monoisotopic (exact) mass is 239 g/mol. The smallest absolute Gasteiger partial charge is 0.422 e. The molecule has 0 aliphatic carbocycles. The van der Waals surface area contributed by atoms with Crippen LogP contribution in [0.15, 0.2) is 12.3 Å². The Hall–Kier alpha value is -0.970. The molecule has 0 aliphatic rings. The molecule has 1 aromatic rings. The number of alkyl halides is 3. The van der Waals surface area contributed by atoms with Crippen molar-refractivity contribution < 1.29 is 17.9 Å². The maximum atomic E-state index is 12.5. The minimum absolute atomic E-state index is 0.212. The van der Waals surface area contributed by atoms with Crippen molar-refractivity contribution in [2.45, 2.75) is 19.5 Å². The molecule has 0 bridgehead atoms. The number of nitrogens with zero attached hydrogens (tertiary/aromatic N) is 1. The fraction of sp³-hybridized carbons (Fsp3) is 0.444. The van der Waals surface area contributed by atoms with E-state index in [4.69, 9.17) is 16.3 Å². The summed E-state index contributed by atoms with van der Waals surface area (Å²) in [5.41, 5.74) is -1.01. The van der Waals surface area contributed by atoms with Gasteiger partial charge in [0.15, 0.2) is 0 Å². The fourth-order valence-corrected chi connectivity index (χ4v) is 1.27. The van der Waals surface area contributed by atoms with Crippen LogP contribution < -0.4 is 4.74 Å². The first-order valence-electron chi connectivity index (χ1n) is 4.31. The number of hydrogen-bond acceptors (Lipinski definition) is 2. The topological polar surface area (TPSA) is 22.1 Å². The summed E-state index contributed by atoms with van der Waals surface area (Å²) in [4.78, 5) is 3.38. The van der Waals surface area contributed by atoms with Crippen molar-refractivity contribution in [3.8, 4) is 5.75 Å². The predicted octanol–water partition coefficient (Wildman–Crippen LogP) is 3.54. The Labute approximate surface area is 90.0 Å². The summed E-state index contributed by atoms with van der Waals surface area (Å²) >= 11 is 5.38. The molecule has 0 fully saturated rings. The van der Waals surface area contributed by atoms with Gasteiger partial charge in [-0.05, 0) is 12.5 Å². The van der Waals surface area contributed by atoms with E-state index in [1.54, 1.807) is 6.92 Å². The molecule has 0 aliphatic heterocycles. The van der Waals surface area contributed by atoms with Crippen LogP contribution in [0.2, 0.25) is 5.15 Å². The van der Waals surface area contributed by atoms with Crippen LogP contribution in [0.5, 0.6) is 5.75 Å². The molecule has 6 heteroatoms. The average molecular weight is 240 g/mol. The molecule has 0 amide bonds. The van der Waals surface area contributed by atoms with Crippen molar-refractivity contribution >= 4 is 11.6 Å². The van der Waals surface area contributed by atoms with E-state index >= 15 is 0 Å². The number of rotatable bonds is 3. The van der Waals surface area contributed by atoms with Gasteiger partial charge >= 0.3 is 6.18 Å². The Balaban J connectivity index is 3.09. The average Bonchev–Trinajstić information content (AvgIpc) is 2.12. The largest absolute Gasteiger partial charge is 0.493 e. The zero-order valence-corrected chi connectivity index (χ0v) is 8.69. The number of halogens is 4. The highest BCUT2D eigenvalue weighted by Crippen LogP contribution is 2.39. The normalized spacial score (nSPS) is 11.5. The molecule has 0 spiro atoms. The minimum Gasteiger partial charge on any atom is -0.493 e. The van der Waals surface area contributed by atoms with Crippen LogP contribution in [-0.2, 0) is 6.18 Å². The molecule has 1 aromatic heterocycles. The summed E-state index contributed by atoms with van der Waals surface area (Å²) < 4.78 is 42.5. The van der Waals surface area contributed by atoms with E-state index in [2.05, 4.69) is 4.98 Å². The summed E-state index contributed by atoms with van der Waals surface area (Å²) in [6, 6.07) is 1.16. The molecular weight excluding hydrogens is 231 g/mol. The van der Waals surface area contributed by atoms with Crippen LogP contribution in [0.3, 0.4) is 0 Å². The molecule has 1 heterocycles. The Morgan fingerprint density at radius 2 is 2.13 bits per heavy atom. The lowest BCUT2D eigenvalue weighted by atomic mass is 10.2. The molecule has 84 valence electrons. The molecule has 0 saturated heterocycles. The van der Waals surface area contributed by atoms with Gasteiger partial charge in [-0.1, -0.05) is 18.5 Å². The van der Waals surface area contributed by atoms with Crippen LogP contribution >= 0.6 is 11.6 Å². The fourth-order valence-electron chi connectivity index (χ4n) is 1.01. The lowest BCUT2D eigenvalue weighted by molar-refractivity contribution is -0.139. The van der Waals surface area contributed by atoms with E-state index in [-0.39, 0.29) is 12.4 Å². The van der Waals surface area contributed by atoms with E-state index in [0.29, 0.717) is 6.42 Å². The first-order chi connectivity index (χ1) is 6.96. The highest BCUT2D eigenvalue weighted by atomic mass is 35.5. The lowest BCUT2D eigenvalue weighted by Crippen LogP contribution is -2.10. The third-order valence-electron chi connectivity index (χ3n) is 1.61. The maximum Gasteiger partial charge on any atom is 0.422 e. The molecule has 0 N–H and O–H groups in total. The van der Waals surface area contributed by atoms with Gasteiger partial charge in [-0.3, -0.25) is 0 Å². The number of ether oxygens (including phenoxy) is 1. The van der Waals surface area contributed by atoms with Crippen LogP contribution in [0.25, 0.3) is 0 Å². The van der Waals surface area contributed by atoms with Crippen molar-refractivity contribution in [3.05, 3.63) is 23.0 Å². The third kappa shape index (κ3) is 2.99. The van der Waals surface area contributed by atoms with Crippen LogP contribution in [-0.4, -0.2) is 11.6 Å². The van der Waals surface area contributed by atoms with Gasteiger partial charge in [0.05, 0.1) is 6.61 Å². The SMILES string of the molecule is CCCOc1ccnc(Cl)c1C(F)(F)F. The Morgan fingerprint density at radius 1 is 1.47 bits per heavy atom. The predicted molar refractivity (Wildman–Crippen MR) is 50.0 cm³/mol. The van der Waals surface area contributed by atoms with Gasteiger partial charge in [-0.15, -0.1) is 0 Å². The zero-order chi connectivity index (χ0) is 11.5. The Kier molecular flexibility index (Phi) is 3.79. The van der Waals surface area contributed by atoms with Crippen LogP contribution in [0, 0.1) is 0 Å². The molecular formula is C9H9ClF3NO. The van der Waals surface area contributed by atoms with Gasteiger partial charge in [0, 0.05) is 6.20 Å². The Bertz CT molecular complexity index is 341. The number of pyridine rings is 1. The quantitative estimate of drug-likeness (QED) is 0.753. The molecule has 0 saturated carbocycles. The van der Waals surface area contributed by atoms with E-state index in [9.17, 15) is 13.2 Å². The van der Waals surface area contributed by atoms with Crippen molar-refractivity contribution in [1.82, 2.24) is 4.98 Å².